The number of anilines is 2. The van der Waals surface area contributed by atoms with Crippen LogP contribution in [0.25, 0.3) is 0 Å². The molecule has 0 aromatic heterocycles. The molecule has 2 aromatic carbocycles. The molecule has 0 bridgehead atoms. The first-order valence-corrected chi connectivity index (χ1v) is 14.2. The van der Waals surface area contributed by atoms with Gasteiger partial charge < -0.3 is 15.1 Å². The standard InChI is InChI=1S/C31H43F3N4O/c1-23-7-10-26(22-28(23)31(32,33)34)35-25-13-16-38(17-14-25)29(39)6-5-15-36-18-20-37(21-19-36)27-11-8-24(9-12-27)30(2,3)4/h7-12,22,25,35H,5-6,13-21H2,1-4H3. The first-order chi connectivity index (χ1) is 18.4. The fourth-order valence-electron chi connectivity index (χ4n) is 5.54. The maximum Gasteiger partial charge on any atom is 0.416 e. The van der Waals surface area contributed by atoms with Crippen molar-refractivity contribution in [3.8, 4) is 0 Å². The molecule has 8 heteroatoms. The Morgan fingerprint density at radius 3 is 2.15 bits per heavy atom. The molecule has 2 aromatic rings. The molecular weight excluding hydrogens is 501 g/mol. The molecule has 2 fully saturated rings. The molecule has 0 unspecified atom stereocenters. The van der Waals surface area contributed by atoms with Crippen LogP contribution in [0.2, 0.25) is 0 Å². The minimum absolute atomic E-state index is 0.0683. The number of aryl methyl sites for hydroxylation is 1. The smallest absolute Gasteiger partial charge is 0.382 e. The van der Waals surface area contributed by atoms with Gasteiger partial charge in [0.1, 0.15) is 0 Å². The number of halogens is 3. The highest BCUT2D eigenvalue weighted by molar-refractivity contribution is 5.76. The quantitative estimate of drug-likeness (QED) is 0.443. The zero-order valence-electron chi connectivity index (χ0n) is 23.8. The van der Waals surface area contributed by atoms with Crippen LogP contribution >= 0.6 is 0 Å². The van der Waals surface area contributed by atoms with Crippen molar-refractivity contribution in [3.05, 3.63) is 59.2 Å². The molecule has 2 saturated heterocycles. The van der Waals surface area contributed by atoms with Gasteiger partial charge in [-0.15, -0.1) is 0 Å². The number of nitrogens with one attached hydrogen (secondary N) is 1. The van der Waals surface area contributed by atoms with Crippen LogP contribution in [-0.2, 0) is 16.4 Å². The maximum absolute atomic E-state index is 13.2. The number of rotatable bonds is 7. The van der Waals surface area contributed by atoms with Crippen molar-refractivity contribution in [1.29, 1.82) is 0 Å². The van der Waals surface area contributed by atoms with Crippen molar-refractivity contribution in [2.45, 2.75) is 71.0 Å². The molecule has 4 rings (SSSR count). The zero-order chi connectivity index (χ0) is 28.2. The minimum Gasteiger partial charge on any atom is -0.382 e. The van der Waals surface area contributed by atoms with Crippen LogP contribution in [0.4, 0.5) is 24.5 Å². The van der Waals surface area contributed by atoms with E-state index in [0.717, 1.165) is 52.0 Å². The molecule has 5 nitrogen and oxygen atoms in total. The Kier molecular flexibility index (Phi) is 9.14. The molecule has 1 N–H and O–H groups in total. The zero-order valence-corrected chi connectivity index (χ0v) is 23.8. The van der Waals surface area contributed by atoms with Gasteiger partial charge in [-0.05, 0) is 73.5 Å². The Morgan fingerprint density at radius 2 is 1.56 bits per heavy atom. The fourth-order valence-corrected chi connectivity index (χ4v) is 5.54. The number of amides is 1. The van der Waals surface area contributed by atoms with Crippen molar-refractivity contribution >= 4 is 17.3 Å². The molecule has 1 amide bonds. The largest absolute Gasteiger partial charge is 0.416 e. The average Bonchev–Trinajstić information content (AvgIpc) is 2.89. The third-order valence-corrected chi connectivity index (χ3v) is 8.10. The minimum atomic E-state index is -4.36. The lowest BCUT2D eigenvalue weighted by atomic mass is 9.87. The molecule has 0 spiro atoms. The van der Waals surface area contributed by atoms with Crippen LogP contribution in [0.5, 0.6) is 0 Å². The fraction of sp³-hybridized carbons (Fsp3) is 0.581. The Labute approximate surface area is 231 Å². The number of nitrogens with zero attached hydrogens (tertiary/aromatic N) is 3. The van der Waals surface area contributed by atoms with Crippen LogP contribution in [0.3, 0.4) is 0 Å². The van der Waals surface area contributed by atoms with Gasteiger partial charge in [0, 0.05) is 63.1 Å². The number of hydrogen-bond donors (Lipinski definition) is 1. The second-order valence-electron chi connectivity index (χ2n) is 12.1. The van der Waals surface area contributed by atoms with Gasteiger partial charge in [0.05, 0.1) is 5.56 Å². The van der Waals surface area contributed by atoms with Crippen LogP contribution in [-0.4, -0.2) is 67.6 Å². The van der Waals surface area contributed by atoms with E-state index in [1.807, 2.05) is 4.90 Å². The van der Waals surface area contributed by atoms with Gasteiger partial charge in [-0.2, -0.15) is 13.2 Å². The van der Waals surface area contributed by atoms with Crippen molar-refractivity contribution in [2.24, 2.45) is 0 Å². The van der Waals surface area contributed by atoms with Crippen LogP contribution in [0.15, 0.2) is 42.5 Å². The molecule has 0 atom stereocenters. The lowest BCUT2D eigenvalue weighted by Gasteiger charge is -2.36. The summed E-state index contributed by atoms with van der Waals surface area (Å²) < 4.78 is 39.7. The van der Waals surface area contributed by atoms with Crippen LogP contribution < -0.4 is 10.2 Å². The molecular formula is C31H43F3N4O. The van der Waals surface area contributed by atoms with Crippen molar-refractivity contribution in [1.82, 2.24) is 9.80 Å². The van der Waals surface area contributed by atoms with E-state index < -0.39 is 11.7 Å². The summed E-state index contributed by atoms with van der Waals surface area (Å²) in [6, 6.07) is 13.4. The van der Waals surface area contributed by atoms with Gasteiger partial charge in [-0.1, -0.05) is 39.0 Å². The summed E-state index contributed by atoms with van der Waals surface area (Å²) in [5, 5.41) is 3.24. The summed E-state index contributed by atoms with van der Waals surface area (Å²) in [4.78, 5) is 19.6. The van der Waals surface area contributed by atoms with Crippen LogP contribution in [0, 0.1) is 6.92 Å². The van der Waals surface area contributed by atoms with Crippen molar-refractivity contribution in [3.63, 3.8) is 0 Å². The second-order valence-corrected chi connectivity index (χ2v) is 12.1. The summed E-state index contributed by atoms with van der Waals surface area (Å²) in [5.74, 6) is 0.181. The summed E-state index contributed by atoms with van der Waals surface area (Å²) in [6.07, 6.45) is -1.50. The van der Waals surface area contributed by atoms with E-state index >= 15 is 0 Å². The number of likely N-dealkylation sites (tertiary alicyclic amines) is 1. The van der Waals surface area contributed by atoms with Gasteiger partial charge in [-0.25, -0.2) is 0 Å². The third kappa shape index (κ3) is 7.90. The molecule has 214 valence electrons. The van der Waals surface area contributed by atoms with Gasteiger partial charge >= 0.3 is 6.18 Å². The molecule has 0 saturated carbocycles. The molecule has 2 heterocycles. The van der Waals surface area contributed by atoms with E-state index in [2.05, 4.69) is 60.2 Å². The number of piperazine rings is 1. The van der Waals surface area contributed by atoms with Gasteiger partial charge in [-0.3, -0.25) is 9.69 Å². The van der Waals surface area contributed by atoms with Gasteiger partial charge in [0.25, 0.3) is 0 Å². The second kappa shape index (κ2) is 12.2. The monoisotopic (exact) mass is 544 g/mol. The number of carbonyl (C=O) groups is 1. The Bertz CT molecular complexity index is 1090. The summed E-state index contributed by atoms with van der Waals surface area (Å²) in [7, 11) is 0. The summed E-state index contributed by atoms with van der Waals surface area (Å²) >= 11 is 0. The van der Waals surface area contributed by atoms with Crippen LogP contribution in [0.1, 0.15) is 63.1 Å². The van der Waals surface area contributed by atoms with Gasteiger partial charge in [0.15, 0.2) is 0 Å². The van der Waals surface area contributed by atoms with E-state index in [0.29, 0.717) is 25.2 Å². The lowest BCUT2D eigenvalue weighted by Crippen LogP contribution is -2.47. The van der Waals surface area contributed by atoms with Gasteiger partial charge in [0.2, 0.25) is 5.91 Å². The molecule has 2 aliphatic heterocycles. The van der Waals surface area contributed by atoms with E-state index in [1.54, 1.807) is 6.07 Å². The summed E-state index contributed by atoms with van der Waals surface area (Å²) in [5.41, 5.74) is 2.89. The predicted octanol–water partition coefficient (Wildman–Crippen LogP) is 6.32. The highest BCUT2D eigenvalue weighted by Gasteiger charge is 2.33. The highest BCUT2D eigenvalue weighted by Crippen LogP contribution is 2.34. The number of hydrogen-bond acceptors (Lipinski definition) is 4. The van der Waals surface area contributed by atoms with E-state index in [4.69, 9.17) is 0 Å². The Morgan fingerprint density at radius 1 is 0.923 bits per heavy atom. The lowest BCUT2D eigenvalue weighted by molar-refractivity contribution is -0.138. The van der Waals surface area contributed by atoms with E-state index in [-0.39, 0.29) is 22.9 Å². The predicted molar refractivity (Wildman–Crippen MR) is 152 cm³/mol. The molecule has 2 aliphatic rings. The number of alkyl halides is 3. The molecule has 39 heavy (non-hydrogen) atoms. The maximum atomic E-state index is 13.2. The number of carbonyl (C=O) groups excluding carboxylic acids is 1. The molecule has 0 aliphatic carbocycles. The van der Waals surface area contributed by atoms with Crippen molar-refractivity contribution in [2.75, 3.05) is 56.0 Å². The van der Waals surface area contributed by atoms with E-state index in [1.165, 1.54) is 30.3 Å². The first kappa shape index (κ1) is 29.2. The number of benzene rings is 2. The van der Waals surface area contributed by atoms with Crippen molar-refractivity contribution < 1.29 is 18.0 Å². The topological polar surface area (TPSA) is 38.8 Å². The Balaban J connectivity index is 1.14. The van der Waals surface area contributed by atoms with E-state index in [9.17, 15) is 18.0 Å². The normalized spacial score (nSPS) is 17.9. The molecule has 0 radical (unpaired) electrons. The summed E-state index contributed by atoms with van der Waals surface area (Å²) in [6.45, 7) is 14.4. The average molecular weight is 545 g/mol. The SMILES string of the molecule is Cc1ccc(NC2CCN(C(=O)CCCN3CCN(c4ccc(C(C)(C)C)cc4)CC3)CC2)cc1C(F)(F)F. The highest BCUT2D eigenvalue weighted by atomic mass is 19.4. The third-order valence-electron chi connectivity index (χ3n) is 8.10. The Hall–Kier alpha value is -2.74. The number of piperidine rings is 1. The first-order valence-electron chi connectivity index (χ1n) is 14.2.